The molecule has 25 heavy (non-hydrogen) atoms. The van der Waals surface area contributed by atoms with Crippen molar-refractivity contribution < 1.29 is 0 Å². The molecule has 1 unspecified atom stereocenters. The predicted octanol–water partition coefficient (Wildman–Crippen LogP) is 3.93. The Morgan fingerprint density at radius 1 is 1.16 bits per heavy atom. The second-order valence-corrected chi connectivity index (χ2v) is 6.24. The number of nitrogens with one attached hydrogen (secondary N) is 2. The van der Waals surface area contributed by atoms with Crippen molar-refractivity contribution in [3.05, 3.63) is 59.6 Å². The number of hydrogen-bond donors (Lipinski definition) is 2. The molecule has 2 heterocycles. The normalized spacial score (nSPS) is 12.0. The molecule has 0 aliphatic rings. The van der Waals surface area contributed by atoms with Crippen LogP contribution in [0.4, 0.5) is 11.6 Å². The van der Waals surface area contributed by atoms with Gasteiger partial charge < -0.3 is 10.6 Å². The maximum absolute atomic E-state index is 6.21. The molecule has 0 bridgehead atoms. The zero-order valence-corrected chi connectivity index (χ0v) is 15.0. The second kappa shape index (κ2) is 7.98. The summed E-state index contributed by atoms with van der Waals surface area (Å²) in [5.74, 6) is 1.53. The van der Waals surface area contributed by atoms with Crippen LogP contribution in [0.3, 0.4) is 0 Å². The van der Waals surface area contributed by atoms with Crippen LogP contribution in [0.1, 0.15) is 19.0 Å². The highest BCUT2D eigenvalue weighted by Gasteiger charge is 2.09. The fourth-order valence-electron chi connectivity index (χ4n) is 2.42. The zero-order valence-electron chi connectivity index (χ0n) is 14.3. The Morgan fingerprint density at radius 2 is 1.96 bits per heavy atom. The lowest BCUT2D eigenvalue weighted by Gasteiger charge is -2.16. The molecule has 0 saturated carbocycles. The molecule has 0 fully saturated rings. The third kappa shape index (κ3) is 4.48. The maximum atomic E-state index is 6.21. The lowest BCUT2D eigenvalue weighted by atomic mass is 10.2. The van der Waals surface area contributed by atoms with Gasteiger partial charge in [0.2, 0.25) is 0 Å². The molecule has 0 spiro atoms. The van der Waals surface area contributed by atoms with Gasteiger partial charge in [-0.1, -0.05) is 29.8 Å². The molecule has 1 aromatic carbocycles. The van der Waals surface area contributed by atoms with E-state index in [1.54, 1.807) is 0 Å². The van der Waals surface area contributed by atoms with Gasteiger partial charge in [-0.2, -0.15) is 5.10 Å². The summed E-state index contributed by atoms with van der Waals surface area (Å²) >= 11 is 6.21. The van der Waals surface area contributed by atoms with E-state index >= 15 is 0 Å². The number of aryl methyl sites for hydroxylation is 1. The van der Waals surface area contributed by atoms with E-state index in [1.165, 1.54) is 6.33 Å². The van der Waals surface area contributed by atoms with Crippen LogP contribution in [0, 0.1) is 6.92 Å². The molecule has 130 valence electrons. The predicted molar refractivity (Wildman–Crippen MR) is 102 cm³/mol. The first-order chi connectivity index (χ1) is 12.1. The number of anilines is 2. The molecule has 7 heteroatoms. The number of para-hydroxylation sites is 1. The largest absolute Gasteiger partial charge is 0.369 e. The van der Waals surface area contributed by atoms with E-state index in [9.17, 15) is 0 Å². The Hall–Kier alpha value is -2.60. The van der Waals surface area contributed by atoms with Gasteiger partial charge in [0.1, 0.15) is 23.0 Å². The van der Waals surface area contributed by atoms with Crippen LogP contribution in [0.15, 0.2) is 48.9 Å². The first kappa shape index (κ1) is 17.2. The van der Waals surface area contributed by atoms with Crippen molar-refractivity contribution in [1.29, 1.82) is 0 Å². The third-order valence-electron chi connectivity index (χ3n) is 3.84. The van der Waals surface area contributed by atoms with E-state index in [0.717, 1.165) is 30.2 Å². The summed E-state index contributed by atoms with van der Waals surface area (Å²) in [6.07, 6.45) is 4.37. The number of aromatic nitrogens is 4. The average Bonchev–Trinajstić information content (AvgIpc) is 3.09. The minimum atomic E-state index is 0.218. The van der Waals surface area contributed by atoms with Crippen LogP contribution in [0.25, 0.3) is 5.69 Å². The second-order valence-electron chi connectivity index (χ2n) is 5.86. The standard InChI is InChI=1S/C18H21ClN6/c1-13(23-18-17(19)14(2)21-12-22-18)8-10-20-16-9-11-25(24-16)15-6-4-3-5-7-15/h3-7,9,11-13H,8,10H2,1-2H3,(H,20,24)(H,21,22,23). The van der Waals surface area contributed by atoms with Crippen LogP contribution in [-0.4, -0.2) is 32.3 Å². The molecule has 1 atom stereocenters. The van der Waals surface area contributed by atoms with Crippen LogP contribution in [0.5, 0.6) is 0 Å². The summed E-state index contributed by atoms with van der Waals surface area (Å²) in [7, 11) is 0. The minimum absolute atomic E-state index is 0.218. The molecule has 6 nitrogen and oxygen atoms in total. The molecule has 0 radical (unpaired) electrons. The van der Waals surface area contributed by atoms with Gasteiger partial charge in [-0.15, -0.1) is 0 Å². The summed E-state index contributed by atoms with van der Waals surface area (Å²) in [5, 5.41) is 11.8. The van der Waals surface area contributed by atoms with Gasteiger partial charge in [-0.25, -0.2) is 14.6 Å². The summed E-state index contributed by atoms with van der Waals surface area (Å²) < 4.78 is 1.85. The fraction of sp³-hybridized carbons (Fsp3) is 0.278. The number of benzene rings is 1. The number of halogens is 1. The topological polar surface area (TPSA) is 67.7 Å². The van der Waals surface area contributed by atoms with Crippen molar-refractivity contribution in [3.8, 4) is 5.69 Å². The molecule has 0 saturated heterocycles. The Balaban J connectivity index is 1.50. The molecular formula is C18H21ClN6. The molecule has 2 aromatic heterocycles. The Kier molecular flexibility index (Phi) is 5.50. The van der Waals surface area contributed by atoms with E-state index in [1.807, 2.05) is 54.2 Å². The Bertz CT molecular complexity index is 817. The third-order valence-corrected chi connectivity index (χ3v) is 4.29. The highest BCUT2D eigenvalue weighted by atomic mass is 35.5. The Labute approximate surface area is 152 Å². The van der Waals surface area contributed by atoms with Crippen molar-refractivity contribution in [2.45, 2.75) is 26.3 Å². The van der Waals surface area contributed by atoms with Gasteiger partial charge in [-0.3, -0.25) is 0 Å². The first-order valence-electron chi connectivity index (χ1n) is 8.22. The van der Waals surface area contributed by atoms with E-state index in [4.69, 9.17) is 11.6 Å². The molecule has 0 aliphatic heterocycles. The summed E-state index contributed by atoms with van der Waals surface area (Å²) in [4.78, 5) is 8.26. The van der Waals surface area contributed by atoms with E-state index < -0.39 is 0 Å². The van der Waals surface area contributed by atoms with Crippen LogP contribution >= 0.6 is 11.6 Å². The molecule has 3 aromatic rings. The smallest absolute Gasteiger partial charge is 0.148 e. The van der Waals surface area contributed by atoms with Crippen molar-refractivity contribution >= 4 is 23.2 Å². The SMILES string of the molecule is Cc1ncnc(NC(C)CCNc2ccn(-c3ccccc3)n2)c1Cl. The van der Waals surface area contributed by atoms with Crippen LogP contribution in [0.2, 0.25) is 5.02 Å². The van der Waals surface area contributed by atoms with E-state index in [0.29, 0.717) is 10.8 Å². The minimum Gasteiger partial charge on any atom is -0.369 e. The number of hydrogen-bond acceptors (Lipinski definition) is 5. The average molecular weight is 357 g/mol. The van der Waals surface area contributed by atoms with Gasteiger partial charge in [0.25, 0.3) is 0 Å². The molecule has 2 N–H and O–H groups in total. The molecule has 0 aliphatic carbocycles. The zero-order chi connectivity index (χ0) is 17.6. The fourth-order valence-corrected chi connectivity index (χ4v) is 2.58. The summed E-state index contributed by atoms with van der Waals surface area (Å²) in [6, 6.07) is 12.2. The maximum Gasteiger partial charge on any atom is 0.148 e. The highest BCUT2D eigenvalue weighted by Crippen LogP contribution is 2.21. The monoisotopic (exact) mass is 356 g/mol. The van der Waals surface area contributed by atoms with Crippen molar-refractivity contribution in [2.75, 3.05) is 17.2 Å². The molecule has 3 rings (SSSR count). The highest BCUT2D eigenvalue weighted by molar-refractivity contribution is 6.33. The van der Waals surface area contributed by atoms with Gasteiger partial charge in [0, 0.05) is 24.8 Å². The first-order valence-corrected chi connectivity index (χ1v) is 8.60. The quantitative estimate of drug-likeness (QED) is 0.671. The van der Waals surface area contributed by atoms with Crippen LogP contribution < -0.4 is 10.6 Å². The van der Waals surface area contributed by atoms with Crippen LogP contribution in [-0.2, 0) is 0 Å². The number of nitrogens with zero attached hydrogens (tertiary/aromatic N) is 4. The number of rotatable bonds is 7. The van der Waals surface area contributed by atoms with Crippen molar-refractivity contribution in [3.63, 3.8) is 0 Å². The van der Waals surface area contributed by atoms with Gasteiger partial charge in [-0.05, 0) is 32.4 Å². The molecular weight excluding hydrogens is 336 g/mol. The molecule has 0 amide bonds. The van der Waals surface area contributed by atoms with E-state index in [-0.39, 0.29) is 6.04 Å². The van der Waals surface area contributed by atoms with Gasteiger partial charge in [0.15, 0.2) is 0 Å². The van der Waals surface area contributed by atoms with E-state index in [2.05, 4.69) is 32.6 Å². The van der Waals surface area contributed by atoms with Crippen molar-refractivity contribution in [1.82, 2.24) is 19.7 Å². The van der Waals surface area contributed by atoms with Crippen molar-refractivity contribution in [2.24, 2.45) is 0 Å². The Morgan fingerprint density at radius 3 is 2.76 bits per heavy atom. The lowest BCUT2D eigenvalue weighted by Crippen LogP contribution is -2.20. The lowest BCUT2D eigenvalue weighted by molar-refractivity contribution is 0.726. The van der Waals surface area contributed by atoms with Gasteiger partial charge >= 0.3 is 0 Å². The van der Waals surface area contributed by atoms with Gasteiger partial charge in [0.05, 0.1) is 11.4 Å². The summed E-state index contributed by atoms with van der Waals surface area (Å²) in [6.45, 7) is 4.75. The summed E-state index contributed by atoms with van der Waals surface area (Å²) in [5.41, 5.74) is 1.82.